The summed E-state index contributed by atoms with van der Waals surface area (Å²) >= 11 is 8.60. The number of halogens is 2. The Bertz CT molecular complexity index is 3790. The predicted molar refractivity (Wildman–Crippen MR) is 336 cm³/mol. The van der Waals surface area contributed by atoms with E-state index in [4.69, 9.17) is 38.1 Å². The van der Waals surface area contributed by atoms with Gasteiger partial charge in [0.1, 0.15) is 21.2 Å². The van der Waals surface area contributed by atoms with Crippen molar-refractivity contribution in [2.45, 2.75) is 69.7 Å². The fourth-order valence-electron chi connectivity index (χ4n) is 7.82. The standard InChI is InChI=1S/C20H22N6O.C17H18N4O.C11H12BrN3O.C6H8BNO2.C3H5ClN2.CH4.H2/c1-20(2,3)17(27)14-10-23-18-16(14)26-15(11-24-18)12-5-4-6-13(9-12)25-19-21-7-8-22-19;1-17(2,3)15(22)12-8-19-16-14(12)21-13(9-20-16)10-5-4-6-11(18)7-10;1-11(2,3)9(16)6-4-13-10-8(6)15-7(12)5-14-10;8-6-3-1-2-5(4-6)7(9)10;4-3-5-1-2-6-3;;/h4-6,9-11H,7-8H2,1-3H3,(H,23,24)(H2,21,22,25);4-9H,18H2,1-3H3,(H,19,20);4-5H,1-3H3,(H,13,14);1-4,9-10H,8H2;1-2H2,(H,5,6);1H4;1H/i;;;;;;1+1. The lowest BCUT2D eigenvalue weighted by molar-refractivity contribution is 0.0854. The van der Waals surface area contributed by atoms with Gasteiger partial charge < -0.3 is 52.4 Å². The summed E-state index contributed by atoms with van der Waals surface area (Å²) in [5, 5.41) is 27.1. The first-order valence-corrected chi connectivity index (χ1v) is 26.9. The Kier molecular flexibility index (Phi) is 20.6. The Balaban J connectivity index is 0.000000203. The van der Waals surface area contributed by atoms with Crippen LogP contribution in [0.3, 0.4) is 0 Å². The van der Waals surface area contributed by atoms with Crippen molar-refractivity contribution >= 4 is 119 Å². The van der Waals surface area contributed by atoms with Crippen LogP contribution >= 0.6 is 27.5 Å². The van der Waals surface area contributed by atoms with Crippen LogP contribution in [-0.4, -0.2) is 117 Å². The molecular formula is C58H71BBrClN16O5. The lowest BCUT2D eigenvalue weighted by Crippen LogP contribution is -2.29. The SMILES string of the molecule is C.CC(C)(C)C(=O)c1c[nH]c2ncc(-c3cccc(N)c3)nc12.CC(C)(C)C(=O)c1c[nH]c2ncc(-c3cccc(NC4=NCCN4)c3)nc12.CC(C)(C)C(=O)c1c[nH]c2ncc(Br)nc12.ClC1=NCCN1.Nc1cccc(B(O)O)c1.[2HH]. The minimum absolute atomic E-state index is 0. The lowest BCUT2D eigenvalue weighted by atomic mass is 9.80. The minimum Gasteiger partial charge on any atom is -0.423 e. The first-order valence-electron chi connectivity index (χ1n) is 25.8. The fraction of sp³-hybridized carbons (Fsp3) is 0.293. The first kappa shape index (κ1) is 62.8. The molecule has 82 heavy (non-hydrogen) atoms. The summed E-state index contributed by atoms with van der Waals surface area (Å²) in [6, 6.07) is 21.8. The number of nitrogens with one attached hydrogen (secondary N) is 6. The van der Waals surface area contributed by atoms with E-state index in [0.29, 0.717) is 82.6 Å². The van der Waals surface area contributed by atoms with Crippen LogP contribution in [0.15, 0.2) is 125 Å². The van der Waals surface area contributed by atoms with Crippen molar-refractivity contribution < 1.29 is 25.9 Å². The third-order valence-corrected chi connectivity index (χ3v) is 12.6. The second kappa shape index (κ2) is 26.9. The van der Waals surface area contributed by atoms with Crippen molar-refractivity contribution in [3.05, 3.63) is 131 Å². The van der Waals surface area contributed by atoms with Crippen LogP contribution in [0.1, 0.15) is 102 Å². The summed E-state index contributed by atoms with van der Waals surface area (Å²) in [6.45, 7) is 20.4. The van der Waals surface area contributed by atoms with Gasteiger partial charge in [-0.3, -0.25) is 24.4 Å². The summed E-state index contributed by atoms with van der Waals surface area (Å²) < 4.78 is 0.627. The van der Waals surface area contributed by atoms with E-state index in [2.05, 4.69) is 81.7 Å². The number of ketones is 3. The number of hydrogen-bond donors (Lipinski definition) is 10. The van der Waals surface area contributed by atoms with Gasteiger partial charge in [-0.15, -0.1) is 0 Å². The van der Waals surface area contributed by atoms with Crippen LogP contribution in [0.2, 0.25) is 0 Å². The van der Waals surface area contributed by atoms with Crippen molar-refractivity contribution in [2.24, 2.45) is 26.2 Å². The van der Waals surface area contributed by atoms with E-state index >= 15 is 0 Å². The van der Waals surface area contributed by atoms with Crippen LogP contribution in [0, 0.1) is 16.2 Å². The summed E-state index contributed by atoms with van der Waals surface area (Å²) in [6.07, 6.45) is 10.0. The third kappa shape index (κ3) is 16.4. The highest BCUT2D eigenvalue weighted by molar-refractivity contribution is 9.10. The van der Waals surface area contributed by atoms with Crippen molar-refractivity contribution in [3.8, 4) is 22.5 Å². The molecule has 0 unspecified atom stereocenters. The smallest absolute Gasteiger partial charge is 0.423 e. The number of nitrogens with two attached hydrogens (primary N) is 2. The van der Waals surface area contributed by atoms with E-state index in [-0.39, 0.29) is 26.2 Å². The zero-order valence-corrected chi connectivity index (χ0v) is 48.7. The highest BCUT2D eigenvalue weighted by Crippen LogP contribution is 2.30. The summed E-state index contributed by atoms with van der Waals surface area (Å²) in [5.74, 6) is 0.919. The van der Waals surface area contributed by atoms with Gasteiger partial charge in [-0.1, -0.05) is 106 Å². The molecule has 0 saturated heterocycles. The van der Waals surface area contributed by atoms with Gasteiger partial charge in [-0.05, 0) is 69.4 Å². The number of nitrogens with zero attached hydrogens (tertiary/aromatic N) is 8. The molecule has 8 heterocycles. The number of aliphatic imine (C=N–C) groups is 2. The lowest BCUT2D eigenvalue weighted by Gasteiger charge is -2.15. The molecule has 3 aromatic carbocycles. The molecule has 6 aromatic heterocycles. The van der Waals surface area contributed by atoms with E-state index in [1.165, 1.54) is 6.07 Å². The van der Waals surface area contributed by atoms with Gasteiger partial charge in [0.2, 0.25) is 0 Å². The van der Waals surface area contributed by atoms with Gasteiger partial charge in [0, 0.05) is 77.5 Å². The van der Waals surface area contributed by atoms with Crippen LogP contribution in [-0.2, 0) is 0 Å². The normalized spacial score (nSPS) is 12.7. The number of rotatable bonds is 7. The number of fused-ring (bicyclic) bond motifs is 3. The predicted octanol–water partition coefficient (Wildman–Crippen LogP) is 9.62. The van der Waals surface area contributed by atoms with Crippen LogP contribution < -0.4 is 32.9 Å². The average Bonchev–Trinajstić information content (AvgIpc) is 3.98. The highest BCUT2D eigenvalue weighted by atomic mass is 79.9. The number of Topliss-reactive ketones (excluding diaryl/α,β-unsaturated/α-hetero) is 3. The van der Waals surface area contributed by atoms with Gasteiger partial charge >= 0.3 is 7.12 Å². The molecule has 0 saturated carbocycles. The maximum atomic E-state index is 12.7. The quantitative estimate of drug-likeness (QED) is 0.0307. The van der Waals surface area contributed by atoms with Gasteiger partial charge in [-0.25, -0.2) is 29.9 Å². The number of aromatic nitrogens is 9. The molecule has 0 atom stereocenters. The molecule has 9 aromatic rings. The molecule has 0 bridgehead atoms. The molecule has 0 fully saturated rings. The van der Waals surface area contributed by atoms with Crippen LogP contribution in [0.4, 0.5) is 17.1 Å². The second-order valence-electron chi connectivity index (χ2n) is 21.8. The topological polar surface area (TPSA) is 329 Å². The molecule has 0 spiro atoms. The Labute approximate surface area is 490 Å². The number of amidine groups is 1. The van der Waals surface area contributed by atoms with E-state index in [9.17, 15) is 14.4 Å². The van der Waals surface area contributed by atoms with Crippen molar-refractivity contribution in [1.29, 1.82) is 0 Å². The summed E-state index contributed by atoms with van der Waals surface area (Å²) in [4.78, 5) is 81.1. The van der Waals surface area contributed by atoms with Crippen molar-refractivity contribution in [3.63, 3.8) is 0 Å². The van der Waals surface area contributed by atoms with Gasteiger partial charge in [-0.2, -0.15) is 0 Å². The van der Waals surface area contributed by atoms with Gasteiger partial charge in [0.25, 0.3) is 0 Å². The summed E-state index contributed by atoms with van der Waals surface area (Å²) in [7, 11) is -1.43. The number of nitrogen functional groups attached to an aromatic ring is 2. The maximum Gasteiger partial charge on any atom is 0.488 e. The number of aromatic amines is 3. The van der Waals surface area contributed by atoms with Crippen LogP contribution in [0.25, 0.3) is 56.0 Å². The molecule has 12 N–H and O–H groups in total. The number of anilines is 3. The molecule has 0 aliphatic carbocycles. The third-order valence-electron chi connectivity index (χ3n) is 12.0. The number of hydrogen-bond acceptors (Lipinski definition) is 18. The highest BCUT2D eigenvalue weighted by Gasteiger charge is 2.29. The Hall–Kier alpha value is -8.38. The Morgan fingerprint density at radius 2 is 1.05 bits per heavy atom. The number of guanidine groups is 1. The monoisotopic (exact) mass is 1200 g/mol. The first-order chi connectivity index (χ1) is 38.3. The molecule has 0 amide bonds. The number of H-pyrrole nitrogens is 3. The van der Waals surface area contributed by atoms with E-state index in [1.807, 2.05) is 111 Å². The number of carbonyl (C=O) groups is 3. The maximum absolute atomic E-state index is 12.7. The van der Waals surface area contributed by atoms with Gasteiger partial charge in [0.15, 0.2) is 45.5 Å². The largest absolute Gasteiger partial charge is 0.488 e. The van der Waals surface area contributed by atoms with Crippen LogP contribution in [0.5, 0.6) is 0 Å². The molecule has 11 rings (SSSR count). The molecular weight excluding hydrogens is 1130 g/mol. The van der Waals surface area contributed by atoms with E-state index in [1.54, 1.807) is 55.4 Å². The van der Waals surface area contributed by atoms with Gasteiger partial charge in [0.05, 0.1) is 59.8 Å². The van der Waals surface area contributed by atoms with Crippen molar-refractivity contribution in [1.82, 2.24) is 55.5 Å². The summed E-state index contributed by atoms with van der Waals surface area (Å²) in [5.41, 5.74) is 21.0. The number of benzene rings is 3. The Morgan fingerprint density at radius 3 is 1.45 bits per heavy atom. The second-order valence-corrected chi connectivity index (χ2v) is 22.9. The van der Waals surface area contributed by atoms with Crippen molar-refractivity contribution in [2.75, 3.05) is 43.0 Å². The molecule has 2 aliphatic heterocycles. The zero-order valence-electron chi connectivity index (χ0n) is 46.4. The van der Waals surface area contributed by atoms with E-state index in [0.717, 1.165) is 54.6 Å². The average molecular weight is 1200 g/mol. The zero-order chi connectivity index (χ0) is 58.8. The number of carbonyl (C=O) groups excluding carboxylic acids is 3. The fourth-order valence-corrected chi connectivity index (χ4v) is 8.28. The van der Waals surface area contributed by atoms with E-state index < -0.39 is 23.4 Å². The minimum atomic E-state index is -1.43. The molecule has 24 heteroatoms. The molecule has 0 radical (unpaired) electrons. The molecule has 430 valence electrons. The molecule has 2 aliphatic rings. The Morgan fingerprint density at radius 1 is 0.610 bits per heavy atom. The molecule has 21 nitrogen and oxygen atoms in total.